The molecule has 2 nitrogen and oxygen atoms in total. The number of aliphatic hydroxyl groups is 2. The van der Waals surface area contributed by atoms with Crippen molar-refractivity contribution in [2.45, 2.75) is 57.8 Å². The summed E-state index contributed by atoms with van der Waals surface area (Å²) in [7, 11) is 0. The fourth-order valence-electron chi connectivity index (χ4n) is 1.48. The summed E-state index contributed by atoms with van der Waals surface area (Å²) in [5, 5.41) is 17.1. The van der Waals surface area contributed by atoms with Crippen molar-refractivity contribution >= 4 is 0 Å². The van der Waals surface area contributed by atoms with Gasteiger partial charge in [0.2, 0.25) is 0 Å². The van der Waals surface area contributed by atoms with Gasteiger partial charge in [0, 0.05) is 13.2 Å². The largest absolute Gasteiger partial charge is 0.396 e. The van der Waals surface area contributed by atoms with Gasteiger partial charge < -0.3 is 10.2 Å². The lowest BCUT2D eigenvalue weighted by Crippen LogP contribution is -1.86. The molecule has 0 spiro atoms. The van der Waals surface area contributed by atoms with Crippen LogP contribution in [0.25, 0.3) is 0 Å². The van der Waals surface area contributed by atoms with Gasteiger partial charge in [-0.05, 0) is 19.3 Å². The Morgan fingerprint density at radius 1 is 0.571 bits per heavy atom. The summed E-state index contributed by atoms with van der Waals surface area (Å²) < 4.78 is 0. The SMILES string of the molecule is OCCCCC[CH]CCCCCCO. The van der Waals surface area contributed by atoms with Crippen molar-refractivity contribution in [2.75, 3.05) is 13.2 Å². The van der Waals surface area contributed by atoms with Gasteiger partial charge in [0.15, 0.2) is 0 Å². The van der Waals surface area contributed by atoms with E-state index in [1.807, 2.05) is 0 Å². The van der Waals surface area contributed by atoms with E-state index in [1.54, 1.807) is 0 Å². The second kappa shape index (κ2) is 12.9. The lowest BCUT2D eigenvalue weighted by atomic mass is 10.1. The Kier molecular flexibility index (Phi) is 12.8. The van der Waals surface area contributed by atoms with Crippen LogP contribution >= 0.6 is 0 Å². The first kappa shape index (κ1) is 13.9. The van der Waals surface area contributed by atoms with Gasteiger partial charge in [-0.25, -0.2) is 0 Å². The number of aliphatic hydroxyl groups excluding tert-OH is 2. The molecule has 0 aliphatic heterocycles. The Balaban J connectivity index is 2.78. The normalized spacial score (nSPS) is 10.7. The molecule has 2 heteroatoms. The van der Waals surface area contributed by atoms with Gasteiger partial charge in [-0.1, -0.05) is 44.9 Å². The standard InChI is InChI=1S/C12H25O2/c13-11-9-7-5-3-1-2-4-6-8-10-12-14/h1,13-14H,2-12H2. The van der Waals surface area contributed by atoms with Crippen LogP contribution in [-0.4, -0.2) is 23.4 Å². The third-order valence-corrected chi connectivity index (χ3v) is 2.38. The summed E-state index contributed by atoms with van der Waals surface area (Å²) in [6, 6.07) is 0. The zero-order valence-corrected chi connectivity index (χ0v) is 9.25. The van der Waals surface area contributed by atoms with Crippen molar-refractivity contribution in [3.05, 3.63) is 6.42 Å². The van der Waals surface area contributed by atoms with E-state index in [2.05, 4.69) is 6.42 Å². The van der Waals surface area contributed by atoms with Gasteiger partial charge in [0.05, 0.1) is 0 Å². The average Bonchev–Trinajstić information content (AvgIpc) is 2.21. The van der Waals surface area contributed by atoms with Gasteiger partial charge in [0.1, 0.15) is 0 Å². The van der Waals surface area contributed by atoms with E-state index in [-0.39, 0.29) is 0 Å². The Bertz CT molecular complexity index is 82.3. The first-order valence-electron chi connectivity index (χ1n) is 5.95. The Hall–Kier alpha value is -0.0800. The molecule has 0 bridgehead atoms. The second-order valence-corrected chi connectivity index (χ2v) is 3.79. The predicted molar refractivity (Wildman–Crippen MR) is 60.0 cm³/mol. The van der Waals surface area contributed by atoms with Crippen LogP contribution in [0.5, 0.6) is 0 Å². The van der Waals surface area contributed by atoms with Gasteiger partial charge >= 0.3 is 0 Å². The van der Waals surface area contributed by atoms with E-state index < -0.39 is 0 Å². The number of rotatable bonds is 11. The first-order chi connectivity index (χ1) is 6.91. The van der Waals surface area contributed by atoms with Gasteiger partial charge in [-0.2, -0.15) is 0 Å². The zero-order valence-electron chi connectivity index (χ0n) is 9.25. The third-order valence-electron chi connectivity index (χ3n) is 2.38. The minimum atomic E-state index is 0.334. The molecule has 1 radical (unpaired) electrons. The van der Waals surface area contributed by atoms with Gasteiger partial charge in [0.25, 0.3) is 0 Å². The minimum Gasteiger partial charge on any atom is -0.396 e. The molecule has 0 heterocycles. The second-order valence-electron chi connectivity index (χ2n) is 3.79. The van der Waals surface area contributed by atoms with E-state index in [4.69, 9.17) is 10.2 Å². The topological polar surface area (TPSA) is 40.5 Å². The van der Waals surface area contributed by atoms with Crippen molar-refractivity contribution < 1.29 is 10.2 Å². The Labute approximate surface area is 88.3 Å². The van der Waals surface area contributed by atoms with Crippen LogP contribution in [0.15, 0.2) is 0 Å². The quantitative estimate of drug-likeness (QED) is 0.505. The molecule has 0 saturated heterocycles. The maximum atomic E-state index is 8.56. The van der Waals surface area contributed by atoms with Crippen LogP contribution in [0.2, 0.25) is 0 Å². The molecule has 0 rings (SSSR count). The number of unbranched alkanes of at least 4 members (excludes halogenated alkanes) is 9. The van der Waals surface area contributed by atoms with Crippen LogP contribution < -0.4 is 0 Å². The number of hydrogen-bond acceptors (Lipinski definition) is 2. The van der Waals surface area contributed by atoms with E-state index in [1.165, 1.54) is 32.1 Å². The molecular weight excluding hydrogens is 176 g/mol. The first-order valence-corrected chi connectivity index (χ1v) is 5.95. The van der Waals surface area contributed by atoms with Crippen molar-refractivity contribution in [1.82, 2.24) is 0 Å². The average molecular weight is 201 g/mol. The molecule has 0 fully saturated rings. The van der Waals surface area contributed by atoms with Gasteiger partial charge in [-0.3, -0.25) is 0 Å². The fraction of sp³-hybridized carbons (Fsp3) is 0.917. The van der Waals surface area contributed by atoms with Crippen LogP contribution in [0.4, 0.5) is 0 Å². The highest BCUT2D eigenvalue weighted by Crippen LogP contribution is 2.09. The smallest absolute Gasteiger partial charge is 0.0431 e. The van der Waals surface area contributed by atoms with E-state index in [9.17, 15) is 0 Å². The maximum absolute atomic E-state index is 8.56. The molecular formula is C12H25O2. The van der Waals surface area contributed by atoms with Gasteiger partial charge in [-0.15, -0.1) is 0 Å². The Morgan fingerprint density at radius 2 is 1.00 bits per heavy atom. The van der Waals surface area contributed by atoms with E-state index in [0.717, 1.165) is 25.7 Å². The zero-order chi connectivity index (χ0) is 10.5. The fourth-order valence-corrected chi connectivity index (χ4v) is 1.48. The predicted octanol–water partition coefficient (Wildman–Crippen LogP) is 2.69. The molecule has 0 amide bonds. The number of hydrogen-bond donors (Lipinski definition) is 2. The highest BCUT2D eigenvalue weighted by molar-refractivity contribution is 4.64. The lowest BCUT2D eigenvalue weighted by Gasteiger charge is -2.00. The molecule has 0 aliphatic rings. The monoisotopic (exact) mass is 201 g/mol. The van der Waals surface area contributed by atoms with Crippen LogP contribution in [0.3, 0.4) is 0 Å². The summed E-state index contributed by atoms with van der Waals surface area (Å²) in [5.41, 5.74) is 0. The molecule has 2 N–H and O–H groups in total. The summed E-state index contributed by atoms with van der Waals surface area (Å²) in [5.74, 6) is 0. The lowest BCUT2D eigenvalue weighted by molar-refractivity contribution is 0.282. The minimum absolute atomic E-state index is 0.334. The van der Waals surface area contributed by atoms with Crippen LogP contribution in [0.1, 0.15) is 57.8 Å². The van der Waals surface area contributed by atoms with Crippen molar-refractivity contribution in [3.8, 4) is 0 Å². The molecule has 85 valence electrons. The van der Waals surface area contributed by atoms with Crippen molar-refractivity contribution in [2.24, 2.45) is 0 Å². The maximum Gasteiger partial charge on any atom is 0.0431 e. The van der Waals surface area contributed by atoms with E-state index >= 15 is 0 Å². The third kappa shape index (κ3) is 11.9. The molecule has 0 aliphatic carbocycles. The summed E-state index contributed by atoms with van der Waals surface area (Å²) in [6.45, 7) is 0.673. The molecule has 0 saturated carbocycles. The molecule has 0 unspecified atom stereocenters. The molecule has 0 aromatic rings. The summed E-state index contributed by atoms with van der Waals surface area (Å²) in [4.78, 5) is 0. The van der Waals surface area contributed by atoms with Crippen molar-refractivity contribution in [1.29, 1.82) is 0 Å². The highest BCUT2D eigenvalue weighted by Gasteiger charge is 1.92. The van der Waals surface area contributed by atoms with Crippen LogP contribution in [-0.2, 0) is 0 Å². The van der Waals surface area contributed by atoms with E-state index in [0.29, 0.717) is 13.2 Å². The molecule has 0 atom stereocenters. The molecule has 0 aromatic heterocycles. The Morgan fingerprint density at radius 3 is 1.50 bits per heavy atom. The highest BCUT2D eigenvalue weighted by atomic mass is 16.3. The summed E-state index contributed by atoms with van der Waals surface area (Å²) in [6.07, 6.45) is 12.7. The molecule has 0 aromatic carbocycles. The van der Waals surface area contributed by atoms with Crippen molar-refractivity contribution in [3.63, 3.8) is 0 Å². The molecule has 14 heavy (non-hydrogen) atoms. The summed E-state index contributed by atoms with van der Waals surface area (Å²) >= 11 is 0. The van der Waals surface area contributed by atoms with Crippen LogP contribution in [0, 0.1) is 6.42 Å².